The van der Waals surface area contributed by atoms with E-state index >= 15 is 0 Å². The third-order valence-electron chi connectivity index (χ3n) is 8.93. The minimum Gasteiger partial charge on any atom is -0.449 e. The topological polar surface area (TPSA) is 119 Å². The Morgan fingerprint density at radius 2 is 1.49 bits per heavy atom. The number of ether oxygens (including phenoxy) is 1. The summed E-state index contributed by atoms with van der Waals surface area (Å²) in [6.45, 7) is 4.87. The van der Waals surface area contributed by atoms with Crippen LogP contribution in [-0.4, -0.2) is 38.2 Å². The molecule has 0 radical (unpaired) electrons. The van der Waals surface area contributed by atoms with Gasteiger partial charge in [0.1, 0.15) is 0 Å². The van der Waals surface area contributed by atoms with Gasteiger partial charge in [-0.25, -0.2) is 17.9 Å². The predicted molar refractivity (Wildman–Crippen MR) is 147 cm³/mol. The largest absolute Gasteiger partial charge is 0.449 e. The summed E-state index contributed by atoms with van der Waals surface area (Å²) in [5.74, 6) is 0.697. The second-order valence-electron chi connectivity index (χ2n) is 11.8. The van der Waals surface area contributed by atoms with Crippen molar-refractivity contribution in [1.29, 1.82) is 0 Å². The number of carbonyl (C=O) groups is 3. The summed E-state index contributed by atoms with van der Waals surface area (Å²) in [7, 11) is -3.87. The smallest absolute Gasteiger partial charge is 0.338 e. The number of benzene rings is 2. The zero-order valence-electron chi connectivity index (χ0n) is 22.6. The van der Waals surface area contributed by atoms with E-state index in [1.165, 1.54) is 57.4 Å². The number of anilines is 1. The fourth-order valence-electron chi connectivity index (χ4n) is 7.24. The van der Waals surface area contributed by atoms with Gasteiger partial charge in [-0.1, -0.05) is 6.07 Å². The molecule has 2 atom stereocenters. The highest BCUT2D eigenvalue weighted by Gasteiger charge is 2.53. The molecule has 39 heavy (non-hydrogen) atoms. The van der Waals surface area contributed by atoms with Crippen molar-refractivity contribution in [2.24, 2.45) is 23.2 Å². The summed E-state index contributed by atoms with van der Waals surface area (Å²) in [5.41, 5.74) is 1.03. The maximum Gasteiger partial charge on any atom is 0.338 e. The number of rotatable bonds is 9. The highest BCUT2D eigenvalue weighted by molar-refractivity contribution is 7.89. The summed E-state index contributed by atoms with van der Waals surface area (Å²) >= 11 is 0. The SMILES string of the molecule is CC(=O)c1ccc(NC(=O)[C@H](C)OC(=O)c2cccc(S(=O)(=O)N[C@H](C)C34CC5CC(CC(C5)C3)C4)c2)cc1. The maximum absolute atomic E-state index is 13.4. The van der Waals surface area contributed by atoms with Crippen molar-refractivity contribution in [2.75, 3.05) is 5.32 Å². The Morgan fingerprint density at radius 1 is 0.897 bits per heavy atom. The molecule has 2 aromatic rings. The van der Waals surface area contributed by atoms with E-state index in [4.69, 9.17) is 4.74 Å². The van der Waals surface area contributed by atoms with E-state index in [0.717, 1.165) is 19.3 Å². The lowest BCUT2D eigenvalue weighted by Crippen LogP contribution is -2.55. The van der Waals surface area contributed by atoms with Crippen LogP contribution in [0.5, 0.6) is 0 Å². The van der Waals surface area contributed by atoms with E-state index in [1.54, 1.807) is 24.3 Å². The lowest BCUT2D eigenvalue weighted by Gasteiger charge is -2.59. The quantitative estimate of drug-likeness (QED) is 0.335. The first-order valence-corrected chi connectivity index (χ1v) is 15.2. The second kappa shape index (κ2) is 10.5. The summed E-state index contributed by atoms with van der Waals surface area (Å²) in [6.07, 6.45) is 5.96. The van der Waals surface area contributed by atoms with Crippen molar-refractivity contribution in [3.05, 3.63) is 59.7 Å². The normalized spacial score (nSPS) is 27.0. The number of esters is 1. The molecule has 4 saturated carbocycles. The molecule has 0 spiro atoms. The molecule has 208 valence electrons. The molecular weight excluding hydrogens is 516 g/mol. The molecule has 2 aromatic carbocycles. The van der Waals surface area contributed by atoms with Gasteiger partial charge in [-0.2, -0.15) is 0 Å². The molecule has 6 rings (SSSR count). The number of hydrogen-bond acceptors (Lipinski definition) is 6. The number of ketones is 1. The number of carbonyl (C=O) groups excluding carboxylic acids is 3. The molecule has 1 amide bonds. The molecule has 0 saturated heterocycles. The maximum atomic E-state index is 13.4. The van der Waals surface area contributed by atoms with E-state index in [0.29, 0.717) is 29.0 Å². The molecule has 8 nitrogen and oxygen atoms in total. The Balaban J connectivity index is 1.22. The van der Waals surface area contributed by atoms with Gasteiger partial charge in [0, 0.05) is 17.3 Å². The highest BCUT2D eigenvalue weighted by Crippen LogP contribution is 2.61. The Morgan fingerprint density at radius 3 is 2.05 bits per heavy atom. The van der Waals surface area contributed by atoms with Gasteiger partial charge in [-0.15, -0.1) is 0 Å². The molecular formula is C30H36N2O6S. The molecule has 0 unspecified atom stereocenters. The summed E-state index contributed by atoms with van der Waals surface area (Å²) in [4.78, 5) is 36.8. The Hall–Kier alpha value is -3.04. The van der Waals surface area contributed by atoms with Gasteiger partial charge in [0.2, 0.25) is 10.0 Å². The third kappa shape index (κ3) is 5.79. The van der Waals surface area contributed by atoms with Crippen LogP contribution in [0.2, 0.25) is 0 Å². The average Bonchev–Trinajstić information content (AvgIpc) is 2.88. The number of nitrogens with one attached hydrogen (secondary N) is 2. The van der Waals surface area contributed by atoms with Crippen molar-refractivity contribution in [3.63, 3.8) is 0 Å². The predicted octanol–water partition coefficient (Wildman–Crippen LogP) is 4.96. The van der Waals surface area contributed by atoms with Gasteiger partial charge in [-0.3, -0.25) is 9.59 Å². The fraction of sp³-hybridized carbons (Fsp3) is 0.500. The van der Waals surface area contributed by atoms with Crippen LogP contribution < -0.4 is 10.0 Å². The van der Waals surface area contributed by atoms with Crippen LogP contribution in [0.1, 0.15) is 80.0 Å². The Labute approximate surface area is 229 Å². The van der Waals surface area contributed by atoms with Gasteiger partial charge >= 0.3 is 5.97 Å². The van der Waals surface area contributed by atoms with Gasteiger partial charge in [-0.05, 0) is 125 Å². The molecule has 4 aliphatic rings. The van der Waals surface area contributed by atoms with Crippen LogP contribution >= 0.6 is 0 Å². The molecule has 9 heteroatoms. The molecule has 2 N–H and O–H groups in total. The van der Waals surface area contributed by atoms with Crippen LogP contribution in [0, 0.1) is 23.2 Å². The number of sulfonamides is 1. The monoisotopic (exact) mass is 552 g/mol. The minimum absolute atomic E-state index is 0.00352. The summed E-state index contributed by atoms with van der Waals surface area (Å²) in [6, 6.07) is 11.9. The molecule has 0 aliphatic heterocycles. The molecule has 4 fully saturated rings. The zero-order valence-corrected chi connectivity index (χ0v) is 23.4. The van der Waals surface area contributed by atoms with Crippen molar-refractivity contribution >= 4 is 33.4 Å². The van der Waals surface area contributed by atoms with Crippen LogP contribution in [0.3, 0.4) is 0 Å². The van der Waals surface area contributed by atoms with Crippen LogP contribution in [0.4, 0.5) is 5.69 Å². The number of hydrogen-bond donors (Lipinski definition) is 2. The average molecular weight is 553 g/mol. The minimum atomic E-state index is -3.87. The number of Topliss-reactive ketones (excluding diaryl/α,β-unsaturated/α-hetero) is 1. The highest BCUT2D eigenvalue weighted by atomic mass is 32.2. The van der Waals surface area contributed by atoms with Gasteiger partial charge < -0.3 is 10.1 Å². The van der Waals surface area contributed by atoms with Crippen molar-refractivity contribution in [3.8, 4) is 0 Å². The van der Waals surface area contributed by atoms with Crippen LogP contribution in [0.15, 0.2) is 53.4 Å². The van der Waals surface area contributed by atoms with E-state index in [1.807, 2.05) is 6.92 Å². The summed E-state index contributed by atoms with van der Waals surface area (Å²) in [5, 5.41) is 2.64. The molecule has 4 bridgehead atoms. The van der Waals surface area contributed by atoms with Gasteiger partial charge in [0.15, 0.2) is 11.9 Å². The molecule has 4 aliphatic carbocycles. The van der Waals surface area contributed by atoms with E-state index in [-0.39, 0.29) is 27.7 Å². The van der Waals surface area contributed by atoms with Crippen molar-refractivity contribution in [2.45, 2.75) is 76.3 Å². The lowest BCUT2D eigenvalue weighted by atomic mass is 9.48. The Bertz CT molecular complexity index is 1350. The van der Waals surface area contributed by atoms with E-state index in [9.17, 15) is 22.8 Å². The summed E-state index contributed by atoms with van der Waals surface area (Å²) < 4.78 is 35.0. The first-order valence-electron chi connectivity index (χ1n) is 13.7. The Kier molecular flexibility index (Phi) is 7.41. The van der Waals surface area contributed by atoms with Gasteiger partial charge in [0.25, 0.3) is 5.91 Å². The van der Waals surface area contributed by atoms with Crippen molar-refractivity contribution in [1.82, 2.24) is 4.72 Å². The van der Waals surface area contributed by atoms with Gasteiger partial charge in [0.05, 0.1) is 10.5 Å². The molecule has 0 heterocycles. The fourth-order valence-corrected chi connectivity index (χ4v) is 8.63. The van der Waals surface area contributed by atoms with Crippen molar-refractivity contribution < 1.29 is 27.5 Å². The zero-order chi connectivity index (χ0) is 27.9. The first-order chi connectivity index (χ1) is 18.4. The van der Waals surface area contributed by atoms with Crippen LogP contribution in [-0.2, 0) is 19.6 Å². The second-order valence-corrected chi connectivity index (χ2v) is 13.5. The third-order valence-corrected chi connectivity index (χ3v) is 10.5. The van der Waals surface area contributed by atoms with E-state index in [2.05, 4.69) is 10.0 Å². The van der Waals surface area contributed by atoms with Crippen LogP contribution in [0.25, 0.3) is 0 Å². The standard InChI is InChI=1S/C30H36N2O6S/c1-18(33)24-7-9-26(10-8-24)31-28(34)19(2)38-29(35)25-5-4-6-27(14-25)39(36,37)32-20(3)30-15-21-11-22(16-30)13-23(12-21)17-30/h4-10,14,19-23,32H,11-13,15-17H2,1-3H3,(H,31,34)/t19-,20+,21?,22?,23?,30?/m0/s1. The lowest BCUT2D eigenvalue weighted by molar-refractivity contribution is -0.123. The van der Waals surface area contributed by atoms with E-state index < -0.39 is 28.0 Å². The first kappa shape index (κ1) is 27.5. The number of amides is 1. The molecule has 0 aromatic heterocycles.